The molecule has 0 bridgehead atoms. The lowest BCUT2D eigenvalue weighted by Gasteiger charge is -2.05. The van der Waals surface area contributed by atoms with Gasteiger partial charge in [0, 0.05) is 17.0 Å². The molecule has 6 heteroatoms. The second kappa shape index (κ2) is 5.00. The number of carboxylic acids is 1. The molecule has 0 atom stereocenters. The summed E-state index contributed by atoms with van der Waals surface area (Å²) in [6.45, 7) is 2.59. The Morgan fingerprint density at radius 1 is 1.33 bits per heavy atom. The first kappa shape index (κ1) is 13.5. The number of rotatable bonds is 3. The molecule has 1 aromatic carbocycles. The third kappa shape index (κ3) is 2.07. The molecule has 96 valence electrons. The summed E-state index contributed by atoms with van der Waals surface area (Å²) in [5, 5.41) is 10.6. The van der Waals surface area contributed by atoms with Crippen molar-refractivity contribution in [3.63, 3.8) is 0 Å². The fraction of sp³-hybridized carbons (Fsp3) is 0.250. The molecule has 0 saturated carbocycles. The van der Waals surface area contributed by atoms with Crippen LogP contribution in [-0.2, 0) is 6.54 Å². The minimum atomic E-state index is -1.09. The first-order chi connectivity index (χ1) is 8.47. The van der Waals surface area contributed by atoms with Crippen LogP contribution in [0.15, 0.2) is 12.1 Å². The van der Waals surface area contributed by atoms with E-state index in [1.165, 1.54) is 6.07 Å². The fourth-order valence-electron chi connectivity index (χ4n) is 2.00. The van der Waals surface area contributed by atoms with E-state index in [2.05, 4.69) is 0 Å². The van der Waals surface area contributed by atoms with Crippen molar-refractivity contribution < 1.29 is 9.90 Å². The van der Waals surface area contributed by atoms with Crippen LogP contribution in [0.25, 0.3) is 10.9 Å². The number of benzene rings is 1. The number of carboxylic acid groups (broad SMARTS) is 1. The predicted molar refractivity (Wildman–Crippen MR) is 74.2 cm³/mol. The number of nitrogens with zero attached hydrogens (tertiary/aromatic N) is 1. The molecular formula is C12H10Cl3NO2. The molecule has 0 aliphatic carbocycles. The van der Waals surface area contributed by atoms with E-state index < -0.39 is 5.97 Å². The predicted octanol–water partition coefficient (Wildman–Crippen LogP) is 4.71. The molecule has 0 radical (unpaired) electrons. The van der Waals surface area contributed by atoms with E-state index in [9.17, 15) is 9.90 Å². The van der Waals surface area contributed by atoms with Crippen molar-refractivity contribution in [1.82, 2.24) is 4.57 Å². The largest absolute Gasteiger partial charge is 0.478 e. The molecule has 1 heterocycles. The zero-order valence-electron chi connectivity index (χ0n) is 9.51. The maximum absolute atomic E-state index is 11.3. The Morgan fingerprint density at radius 3 is 2.56 bits per heavy atom. The molecule has 2 rings (SSSR count). The number of hydrogen-bond acceptors (Lipinski definition) is 1. The Morgan fingerprint density at radius 2 is 2.00 bits per heavy atom. The van der Waals surface area contributed by atoms with Crippen LogP contribution in [0.1, 0.15) is 23.7 Å². The van der Waals surface area contributed by atoms with Crippen LogP contribution in [0.3, 0.4) is 0 Å². The molecule has 1 aromatic heterocycles. The first-order valence-electron chi connectivity index (χ1n) is 5.37. The van der Waals surface area contributed by atoms with Gasteiger partial charge in [0.15, 0.2) is 0 Å². The van der Waals surface area contributed by atoms with Crippen molar-refractivity contribution in [3.8, 4) is 0 Å². The molecule has 1 N–H and O–H groups in total. The Bertz CT molecular complexity index is 634. The number of halogens is 3. The van der Waals surface area contributed by atoms with E-state index in [4.69, 9.17) is 34.8 Å². The molecule has 0 unspecified atom stereocenters. The highest BCUT2D eigenvalue weighted by atomic mass is 35.5. The average Bonchev–Trinajstić information content (AvgIpc) is 2.54. The van der Waals surface area contributed by atoms with Gasteiger partial charge in [0.05, 0.1) is 10.5 Å². The molecule has 2 aromatic rings. The number of hydrogen-bond donors (Lipinski definition) is 1. The number of aromatic carboxylic acids is 1. The van der Waals surface area contributed by atoms with Crippen molar-refractivity contribution in [1.29, 1.82) is 0 Å². The summed E-state index contributed by atoms with van der Waals surface area (Å²) < 4.78 is 1.72. The smallest absolute Gasteiger partial charge is 0.339 e. The minimum Gasteiger partial charge on any atom is -0.478 e. The van der Waals surface area contributed by atoms with E-state index in [0.717, 1.165) is 6.42 Å². The van der Waals surface area contributed by atoms with E-state index >= 15 is 0 Å². The van der Waals surface area contributed by atoms with Crippen molar-refractivity contribution in [2.75, 3.05) is 0 Å². The quantitative estimate of drug-likeness (QED) is 0.892. The van der Waals surface area contributed by atoms with E-state index in [1.54, 1.807) is 10.6 Å². The van der Waals surface area contributed by atoms with Gasteiger partial charge in [-0.2, -0.15) is 0 Å². The molecule has 0 spiro atoms. The van der Waals surface area contributed by atoms with Gasteiger partial charge in [-0.15, -0.1) is 0 Å². The molecule has 3 nitrogen and oxygen atoms in total. The zero-order valence-corrected chi connectivity index (χ0v) is 11.8. The minimum absolute atomic E-state index is 0.0294. The van der Waals surface area contributed by atoms with E-state index in [0.29, 0.717) is 27.5 Å². The zero-order chi connectivity index (χ0) is 13.4. The lowest BCUT2D eigenvalue weighted by Crippen LogP contribution is -1.99. The molecule has 0 fully saturated rings. The van der Waals surface area contributed by atoms with Crippen molar-refractivity contribution >= 4 is 51.7 Å². The maximum atomic E-state index is 11.3. The van der Waals surface area contributed by atoms with Gasteiger partial charge >= 0.3 is 5.97 Å². The SMILES string of the molecule is CCCn1c(Cl)c(C(=O)O)c2c(Cl)cc(Cl)cc21. The number of aryl methyl sites for hydroxylation is 1. The van der Waals surface area contributed by atoms with Crippen LogP contribution < -0.4 is 0 Å². The average molecular weight is 307 g/mol. The highest BCUT2D eigenvalue weighted by Gasteiger charge is 2.23. The van der Waals surface area contributed by atoms with Crippen LogP contribution in [-0.4, -0.2) is 15.6 Å². The van der Waals surface area contributed by atoms with Gasteiger partial charge in [-0.05, 0) is 18.6 Å². The number of fused-ring (bicyclic) bond motifs is 1. The lowest BCUT2D eigenvalue weighted by molar-refractivity contribution is 0.0699. The normalized spacial score (nSPS) is 11.1. The van der Waals surface area contributed by atoms with Gasteiger partial charge in [-0.3, -0.25) is 0 Å². The summed E-state index contributed by atoms with van der Waals surface area (Å²) in [4.78, 5) is 11.3. The lowest BCUT2D eigenvalue weighted by atomic mass is 10.2. The van der Waals surface area contributed by atoms with Gasteiger partial charge < -0.3 is 9.67 Å². The number of aromatic nitrogens is 1. The molecule has 0 aliphatic rings. The summed E-state index contributed by atoms with van der Waals surface area (Å²) in [6.07, 6.45) is 0.826. The van der Waals surface area contributed by atoms with E-state index in [1.807, 2.05) is 6.92 Å². The second-order valence-corrected chi connectivity index (χ2v) is 5.11. The summed E-state index contributed by atoms with van der Waals surface area (Å²) >= 11 is 18.2. The Balaban J connectivity index is 2.92. The van der Waals surface area contributed by atoms with Crippen LogP contribution >= 0.6 is 34.8 Å². The number of carbonyl (C=O) groups is 1. The van der Waals surface area contributed by atoms with Gasteiger partial charge in [0.25, 0.3) is 0 Å². The third-order valence-corrected chi connectivity index (χ3v) is 3.59. The van der Waals surface area contributed by atoms with E-state index in [-0.39, 0.29) is 10.7 Å². The fourth-order valence-corrected chi connectivity index (χ4v) is 2.93. The van der Waals surface area contributed by atoms with Crippen molar-refractivity contribution in [3.05, 3.63) is 32.9 Å². The highest BCUT2D eigenvalue weighted by Crippen LogP contribution is 2.37. The highest BCUT2D eigenvalue weighted by molar-refractivity contribution is 6.42. The molecule has 0 aliphatic heterocycles. The van der Waals surface area contributed by atoms with Gasteiger partial charge in [-0.1, -0.05) is 41.7 Å². The molecule has 0 amide bonds. The summed E-state index contributed by atoms with van der Waals surface area (Å²) in [6, 6.07) is 3.20. The van der Waals surface area contributed by atoms with Gasteiger partial charge in [-0.25, -0.2) is 4.79 Å². The Hall–Kier alpha value is -0.900. The molecular weight excluding hydrogens is 296 g/mol. The van der Waals surface area contributed by atoms with Crippen LogP contribution in [0, 0.1) is 0 Å². The monoisotopic (exact) mass is 305 g/mol. The summed E-state index contributed by atoms with van der Waals surface area (Å²) in [7, 11) is 0. The first-order valence-corrected chi connectivity index (χ1v) is 6.50. The van der Waals surface area contributed by atoms with Gasteiger partial charge in [0.2, 0.25) is 0 Å². The Kier molecular flexibility index (Phi) is 3.76. The van der Waals surface area contributed by atoms with Crippen molar-refractivity contribution in [2.24, 2.45) is 0 Å². The summed E-state index contributed by atoms with van der Waals surface area (Å²) in [5.74, 6) is -1.09. The summed E-state index contributed by atoms with van der Waals surface area (Å²) in [5.41, 5.74) is 0.679. The maximum Gasteiger partial charge on any atom is 0.339 e. The second-order valence-electron chi connectivity index (χ2n) is 3.90. The molecule has 0 saturated heterocycles. The van der Waals surface area contributed by atoms with Crippen LogP contribution in [0.5, 0.6) is 0 Å². The standard InChI is InChI=1S/C12H10Cl3NO2/c1-2-3-16-8-5-6(13)4-7(14)9(8)10(11(16)15)12(17)18/h4-5H,2-3H2,1H3,(H,17,18). The Labute approximate surface area is 119 Å². The van der Waals surface area contributed by atoms with Crippen molar-refractivity contribution in [2.45, 2.75) is 19.9 Å². The van der Waals surface area contributed by atoms with Crippen LogP contribution in [0.2, 0.25) is 15.2 Å². The topological polar surface area (TPSA) is 42.2 Å². The van der Waals surface area contributed by atoms with Gasteiger partial charge in [0.1, 0.15) is 10.7 Å². The molecule has 18 heavy (non-hydrogen) atoms. The van der Waals surface area contributed by atoms with Crippen LogP contribution in [0.4, 0.5) is 0 Å². The third-order valence-electron chi connectivity index (χ3n) is 2.68.